The minimum atomic E-state index is -4.71. The molecule has 0 aliphatic carbocycles. The molecule has 0 saturated heterocycles. The average Bonchev–Trinajstić information content (AvgIpc) is 3.05. The number of thiophene rings is 1. The van der Waals surface area contributed by atoms with E-state index in [0.717, 1.165) is 29.5 Å². The zero-order valence-electron chi connectivity index (χ0n) is 13.9. The summed E-state index contributed by atoms with van der Waals surface area (Å²) in [6, 6.07) is 13.3. The molecular weight excluding hydrogens is 415 g/mol. The predicted octanol–water partition coefficient (Wildman–Crippen LogP) is 4.93. The third-order valence-corrected chi connectivity index (χ3v) is 6.24. The Balaban J connectivity index is 2.01. The number of nitrogens with one attached hydrogen (secondary N) is 1. The van der Waals surface area contributed by atoms with Gasteiger partial charge < -0.3 is 5.11 Å². The number of alkyl halides is 3. The highest BCUT2D eigenvalue weighted by Gasteiger charge is 2.32. The van der Waals surface area contributed by atoms with Crippen molar-refractivity contribution in [2.45, 2.75) is 11.1 Å². The number of halogens is 3. The number of sulfonamides is 1. The van der Waals surface area contributed by atoms with Crippen molar-refractivity contribution in [1.29, 1.82) is 0 Å². The summed E-state index contributed by atoms with van der Waals surface area (Å²) in [6.45, 7) is 0. The number of hydrogen-bond acceptors (Lipinski definition) is 4. The van der Waals surface area contributed by atoms with Crippen molar-refractivity contribution in [2.75, 3.05) is 4.72 Å². The number of carboxylic acids is 1. The van der Waals surface area contributed by atoms with Crippen LogP contribution in [0.3, 0.4) is 0 Å². The molecule has 146 valence electrons. The number of benzene rings is 2. The van der Waals surface area contributed by atoms with Gasteiger partial charge in [0.25, 0.3) is 10.0 Å². The molecule has 0 aliphatic heterocycles. The van der Waals surface area contributed by atoms with Gasteiger partial charge in [0.15, 0.2) is 0 Å². The largest absolute Gasteiger partial charge is 0.477 e. The van der Waals surface area contributed by atoms with E-state index >= 15 is 0 Å². The number of hydrogen-bond donors (Lipinski definition) is 2. The zero-order valence-corrected chi connectivity index (χ0v) is 15.5. The number of carbonyl (C=O) groups is 1. The maximum absolute atomic E-state index is 12.9. The second-order valence-corrected chi connectivity index (χ2v) is 8.39. The van der Waals surface area contributed by atoms with Gasteiger partial charge in [0.05, 0.1) is 16.1 Å². The summed E-state index contributed by atoms with van der Waals surface area (Å²) in [6.07, 6.45) is -4.71. The van der Waals surface area contributed by atoms with Crippen molar-refractivity contribution < 1.29 is 31.5 Å². The van der Waals surface area contributed by atoms with Gasteiger partial charge in [-0.3, -0.25) is 4.72 Å². The molecule has 0 amide bonds. The average molecular weight is 427 g/mol. The van der Waals surface area contributed by atoms with Gasteiger partial charge >= 0.3 is 12.1 Å². The van der Waals surface area contributed by atoms with Crippen molar-refractivity contribution in [3.8, 4) is 10.4 Å². The van der Waals surface area contributed by atoms with Crippen LogP contribution in [0.1, 0.15) is 15.2 Å². The van der Waals surface area contributed by atoms with E-state index in [4.69, 9.17) is 0 Å². The van der Waals surface area contributed by atoms with Crippen LogP contribution in [0.5, 0.6) is 0 Å². The van der Waals surface area contributed by atoms with Crippen LogP contribution in [-0.2, 0) is 16.2 Å². The lowest BCUT2D eigenvalue weighted by Crippen LogP contribution is -2.15. The van der Waals surface area contributed by atoms with Gasteiger partial charge in [-0.1, -0.05) is 36.4 Å². The third kappa shape index (κ3) is 4.18. The summed E-state index contributed by atoms with van der Waals surface area (Å²) in [7, 11) is -4.43. The first-order valence-corrected chi connectivity index (χ1v) is 10.0. The van der Waals surface area contributed by atoms with E-state index in [1.165, 1.54) is 6.07 Å². The Bertz CT molecular complexity index is 1120. The zero-order chi connectivity index (χ0) is 20.5. The minimum absolute atomic E-state index is 0.214. The second kappa shape index (κ2) is 7.28. The fourth-order valence-corrected chi connectivity index (χ4v) is 4.54. The highest BCUT2D eigenvalue weighted by molar-refractivity contribution is 7.92. The molecule has 1 heterocycles. The van der Waals surface area contributed by atoms with Crippen molar-refractivity contribution in [1.82, 2.24) is 0 Å². The molecule has 0 saturated carbocycles. The summed E-state index contributed by atoms with van der Waals surface area (Å²) in [5, 5.41) is 9.37. The smallest absolute Gasteiger partial charge is 0.416 e. The van der Waals surface area contributed by atoms with Crippen LogP contribution in [0, 0.1) is 0 Å². The van der Waals surface area contributed by atoms with E-state index in [1.807, 2.05) is 0 Å². The van der Waals surface area contributed by atoms with Gasteiger partial charge in [-0.2, -0.15) is 13.2 Å². The molecule has 0 atom stereocenters. The Morgan fingerprint density at radius 1 is 1.00 bits per heavy atom. The van der Waals surface area contributed by atoms with Crippen LogP contribution >= 0.6 is 11.3 Å². The molecule has 2 N–H and O–H groups in total. The molecule has 0 fully saturated rings. The topological polar surface area (TPSA) is 83.5 Å². The molecule has 10 heteroatoms. The van der Waals surface area contributed by atoms with Crippen LogP contribution in [0.2, 0.25) is 0 Å². The molecule has 2 aromatic carbocycles. The molecule has 0 aliphatic rings. The predicted molar refractivity (Wildman–Crippen MR) is 99.0 cm³/mol. The highest BCUT2D eigenvalue weighted by atomic mass is 32.2. The number of anilines is 1. The van der Waals surface area contributed by atoms with Crippen LogP contribution in [0.15, 0.2) is 65.6 Å². The van der Waals surface area contributed by atoms with Gasteiger partial charge in [0, 0.05) is 4.88 Å². The lowest BCUT2D eigenvalue weighted by molar-refractivity contribution is -0.137. The van der Waals surface area contributed by atoms with E-state index in [1.54, 1.807) is 30.3 Å². The Labute approximate surface area is 162 Å². The number of aromatic carboxylic acids is 1. The summed E-state index contributed by atoms with van der Waals surface area (Å²) in [4.78, 5) is 11.1. The summed E-state index contributed by atoms with van der Waals surface area (Å²) in [5.41, 5.74) is -0.655. The number of rotatable bonds is 5. The normalized spacial score (nSPS) is 12.0. The van der Waals surface area contributed by atoms with E-state index in [2.05, 4.69) is 4.72 Å². The maximum Gasteiger partial charge on any atom is 0.416 e. The quantitative estimate of drug-likeness (QED) is 0.605. The van der Waals surface area contributed by atoms with Crippen LogP contribution in [0.25, 0.3) is 10.4 Å². The lowest BCUT2D eigenvalue weighted by Gasteiger charge is -2.10. The first kappa shape index (κ1) is 19.9. The standard InChI is InChI=1S/C18H12F3NO4S2/c19-18(20,21)12-7-4-8-13(9-12)28(25,26)22-14-10-15(27-16(14)17(23)24)11-5-2-1-3-6-11/h1-10,22H,(H,23,24). The first-order valence-electron chi connectivity index (χ1n) is 7.70. The third-order valence-electron chi connectivity index (χ3n) is 3.70. The monoisotopic (exact) mass is 427 g/mol. The van der Waals surface area contributed by atoms with Crippen molar-refractivity contribution in [2.24, 2.45) is 0 Å². The van der Waals surface area contributed by atoms with E-state index in [-0.39, 0.29) is 10.6 Å². The summed E-state index contributed by atoms with van der Waals surface area (Å²) >= 11 is 0.858. The maximum atomic E-state index is 12.9. The second-order valence-electron chi connectivity index (χ2n) is 5.66. The molecule has 0 unspecified atom stereocenters. The van der Waals surface area contributed by atoms with Crippen molar-refractivity contribution in [3.05, 3.63) is 71.1 Å². The Hall–Kier alpha value is -2.85. The molecule has 0 radical (unpaired) electrons. The molecule has 0 bridgehead atoms. The van der Waals surface area contributed by atoms with Gasteiger partial charge in [0.2, 0.25) is 0 Å². The first-order chi connectivity index (χ1) is 13.1. The number of carboxylic acid groups (broad SMARTS) is 1. The Kier molecular flexibility index (Phi) is 5.18. The SMILES string of the molecule is O=C(O)c1sc(-c2ccccc2)cc1NS(=O)(=O)c1cccc(C(F)(F)F)c1. The molecule has 3 rings (SSSR count). The van der Waals surface area contributed by atoms with Crippen LogP contribution in [-0.4, -0.2) is 19.5 Å². The van der Waals surface area contributed by atoms with Crippen molar-refractivity contribution in [3.63, 3.8) is 0 Å². The molecule has 28 heavy (non-hydrogen) atoms. The van der Waals surface area contributed by atoms with Crippen LogP contribution < -0.4 is 4.72 Å². The fourth-order valence-electron chi connectivity index (χ4n) is 2.41. The van der Waals surface area contributed by atoms with Gasteiger partial charge in [0.1, 0.15) is 4.88 Å². The minimum Gasteiger partial charge on any atom is -0.477 e. The Morgan fingerprint density at radius 2 is 1.68 bits per heavy atom. The van der Waals surface area contributed by atoms with Gasteiger partial charge in [-0.15, -0.1) is 11.3 Å². The summed E-state index contributed by atoms with van der Waals surface area (Å²) < 4.78 is 65.7. The summed E-state index contributed by atoms with van der Waals surface area (Å²) in [5.74, 6) is -1.35. The van der Waals surface area contributed by atoms with E-state index in [0.29, 0.717) is 16.5 Å². The molecule has 0 spiro atoms. The highest BCUT2D eigenvalue weighted by Crippen LogP contribution is 2.36. The Morgan fingerprint density at radius 3 is 2.29 bits per heavy atom. The van der Waals surface area contributed by atoms with E-state index in [9.17, 15) is 31.5 Å². The fraction of sp³-hybridized carbons (Fsp3) is 0.0556. The van der Waals surface area contributed by atoms with Crippen molar-refractivity contribution >= 4 is 33.0 Å². The molecular formula is C18H12F3NO4S2. The van der Waals surface area contributed by atoms with Gasteiger partial charge in [-0.25, -0.2) is 13.2 Å². The van der Waals surface area contributed by atoms with Gasteiger partial charge in [-0.05, 0) is 29.8 Å². The van der Waals surface area contributed by atoms with Crippen LogP contribution in [0.4, 0.5) is 18.9 Å². The molecule has 3 aromatic rings. The molecule has 5 nitrogen and oxygen atoms in total. The lowest BCUT2D eigenvalue weighted by atomic mass is 10.2. The van der Waals surface area contributed by atoms with E-state index < -0.39 is 32.6 Å². The molecule has 1 aromatic heterocycles.